The van der Waals surface area contributed by atoms with Crippen LogP contribution in [0.1, 0.15) is 0 Å². The van der Waals surface area contributed by atoms with Gasteiger partial charge in [-0.25, -0.2) is 0 Å². The Hall–Kier alpha value is -5.48. The van der Waals surface area contributed by atoms with Crippen molar-refractivity contribution in [3.63, 3.8) is 0 Å². The number of nitrogens with zero attached hydrogens (tertiary/aromatic N) is 4. The van der Waals surface area contributed by atoms with Crippen LogP contribution in [0.3, 0.4) is 0 Å². The Morgan fingerprint density at radius 3 is 1.68 bits per heavy atom. The number of hydrogen-bond acceptors (Lipinski definition) is 2. The molecular weight excluding hydrogens is 488 g/mol. The molecule has 9 aromatic rings. The Kier molecular flexibility index (Phi) is 4.30. The minimum Gasteiger partial charge on any atom is -0.307 e. The fourth-order valence-corrected chi connectivity index (χ4v) is 6.49. The van der Waals surface area contributed by atoms with Crippen LogP contribution in [0, 0.1) is 0 Å². The van der Waals surface area contributed by atoms with Crippen molar-refractivity contribution in [1.29, 1.82) is 0 Å². The lowest BCUT2D eigenvalue weighted by Gasteiger charge is -2.11. The van der Waals surface area contributed by atoms with Crippen LogP contribution in [0.2, 0.25) is 0 Å². The summed E-state index contributed by atoms with van der Waals surface area (Å²) < 4.78 is 4.69. The molecule has 0 aliphatic rings. The SMILES string of the molecule is c1ccc(-n2c3ccccc3c3cnc4c(ncc5c6c7ccccc7ccc6n(-c6ccccc6)c54)c32)cc1. The highest BCUT2D eigenvalue weighted by molar-refractivity contribution is 6.27. The van der Waals surface area contributed by atoms with Gasteiger partial charge in [-0.05, 0) is 47.2 Å². The molecule has 4 aromatic heterocycles. The summed E-state index contributed by atoms with van der Waals surface area (Å²) in [6, 6.07) is 42.7. The third kappa shape index (κ3) is 2.79. The van der Waals surface area contributed by atoms with Crippen LogP contribution >= 0.6 is 0 Å². The molecule has 4 heteroatoms. The van der Waals surface area contributed by atoms with E-state index in [0.29, 0.717) is 0 Å². The van der Waals surface area contributed by atoms with Crippen LogP contribution in [0.25, 0.3) is 76.8 Å². The van der Waals surface area contributed by atoms with E-state index < -0.39 is 0 Å². The van der Waals surface area contributed by atoms with E-state index >= 15 is 0 Å². The molecule has 0 saturated carbocycles. The maximum absolute atomic E-state index is 5.19. The molecule has 0 N–H and O–H groups in total. The largest absolute Gasteiger partial charge is 0.307 e. The molecule has 0 spiro atoms. The molecule has 0 amide bonds. The van der Waals surface area contributed by atoms with Gasteiger partial charge in [0.25, 0.3) is 0 Å². The fourth-order valence-electron chi connectivity index (χ4n) is 6.49. The van der Waals surface area contributed by atoms with Gasteiger partial charge >= 0.3 is 0 Å². The summed E-state index contributed by atoms with van der Waals surface area (Å²) in [4.78, 5) is 10.3. The van der Waals surface area contributed by atoms with Gasteiger partial charge in [0.2, 0.25) is 0 Å². The first kappa shape index (κ1) is 21.5. The van der Waals surface area contributed by atoms with E-state index in [1.807, 2.05) is 6.20 Å². The average molecular weight is 511 g/mol. The van der Waals surface area contributed by atoms with Crippen molar-refractivity contribution in [2.24, 2.45) is 0 Å². The average Bonchev–Trinajstić information content (AvgIpc) is 3.55. The number of benzene rings is 5. The summed E-state index contributed by atoms with van der Waals surface area (Å²) in [5, 5.41) is 7.03. The minimum absolute atomic E-state index is 0.897. The Balaban J connectivity index is 1.54. The number of fused-ring (bicyclic) bond motifs is 11. The van der Waals surface area contributed by atoms with E-state index in [2.05, 4.69) is 137 Å². The van der Waals surface area contributed by atoms with Crippen LogP contribution in [-0.2, 0) is 0 Å². The van der Waals surface area contributed by atoms with Gasteiger partial charge in [-0.15, -0.1) is 0 Å². The zero-order chi connectivity index (χ0) is 26.2. The molecular formula is C36H22N4. The molecule has 0 fully saturated rings. The maximum Gasteiger partial charge on any atom is 0.115 e. The van der Waals surface area contributed by atoms with Gasteiger partial charge < -0.3 is 9.13 Å². The Bertz CT molecular complexity index is 2420. The van der Waals surface area contributed by atoms with E-state index in [9.17, 15) is 0 Å². The highest BCUT2D eigenvalue weighted by Gasteiger charge is 2.22. The summed E-state index contributed by atoms with van der Waals surface area (Å²) in [7, 11) is 0. The zero-order valence-corrected chi connectivity index (χ0v) is 21.5. The normalized spacial score (nSPS) is 12.0. The van der Waals surface area contributed by atoms with Gasteiger partial charge in [-0.2, -0.15) is 0 Å². The zero-order valence-electron chi connectivity index (χ0n) is 21.5. The lowest BCUT2D eigenvalue weighted by atomic mass is 10.0. The second kappa shape index (κ2) is 8.01. The van der Waals surface area contributed by atoms with Gasteiger partial charge in [0.05, 0.1) is 22.1 Å². The second-order valence-corrected chi connectivity index (χ2v) is 10.3. The predicted octanol–water partition coefficient (Wildman–Crippen LogP) is 8.98. The van der Waals surface area contributed by atoms with Crippen molar-refractivity contribution >= 4 is 65.4 Å². The van der Waals surface area contributed by atoms with Gasteiger partial charge in [0, 0.05) is 45.3 Å². The molecule has 0 atom stereocenters. The number of aromatic nitrogens is 4. The molecule has 4 heterocycles. The van der Waals surface area contributed by atoms with Gasteiger partial charge in [0.1, 0.15) is 11.0 Å². The van der Waals surface area contributed by atoms with E-state index in [-0.39, 0.29) is 0 Å². The number of hydrogen-bond donors (Lipinski definition) is 0. The van der Waals surface area contributed by atoms with Crippen LogP contribution in [-0.4, -0.2) is 19.1 Å². The van der Waals surface area contributed by atoms with Crippen molar-refractivity contribution in [1.82, 2.24) is 19.1 Å². The molecule has 5 aromatic carbocycles. The van der Waals surface area contributed by atoms with Gasteiger partial charge in [-0.1, -0.05) is 84.9 Å². The molecule has 9 rings (SSSR count). The molecule has 0 radical (unpaired) electrons. The van der Waals surface area contributed by atoms with Gasteiger partial charge in [0.15, 0.2) is 0 Å². The maximum atomic E-state index is 5.19. The summed E-state index contributed by atoms with van der Waals surface area (Å²) in [5.74, 6) is 0. The summed E-state index contributed by atoms with van der Waals surface area (Å²) in [6.07, 6.45) is 4.09. The quantitative estimate of drug-likeness (QED) is 0.233. The highest BCUT2D eigenvalue weighted by atomic mass is 15.0. The predicted molar refractivity (Wildman–Crippen MR) is 166 cm³/mol. The van der Waals surface area contributed by atoms with E-state index in [1.165, 1.54) is 21.5 Å². The lowest BCUT2D eigenvalue weighted by molar-refractivity contribution is 1.17. The number of para-hydroxylation sites is 3. The molecule has 0 unspecified atom stereocenters. The van der Waals surface area contributed by atoms with Crippen molar-refractivity contribution in [3.05, 3.63) is 134 Å². The third-order valence-corrected chi connectivity index (χ3v) is 8.16. The van der Waals surface area contributed by atoms with Crippen LogP contribution in [0.5, 0.6) is 0 Å². The summed E-state index contributed by atoms with van der Waals surface area (Å²) in [5.41, 5.74) is 8.47. The van der Waals surface area contributed by atoms with Crippen LogP contribution in [0.4, 0.5) is 0 Å². The Labute approximate surface area is 229 Å². The summed E-state index contributed by atoms with van der Waals surface area (Å²) in [6.45, 7) is 0. The van der Waals surface area contributed by atoms with Crippen LogP contribution < -0.4 is 0 Å². The second-order valence-electron chi connectivity index (χ2n) is 10.3. The molecule has 0 aliphatic heterocycles. The minimum atomic E-state index is 0.897. The van der Waals surface area contributed by atoms with Gasteiger partial charge in [-0.3, -0.25) is 9.97 Å². The smallest absolute Gasteiger partial charge is 0.115 e. The van der Waals surface area contributed by atoms with Crippen molar-refractivity contribution in [2.45, 2.75) is 0 Å². The van der Waals surface area contributed by atoms with Crippen molar-refractivity contribution in [3.8, 4) is 11.4 Å². The Morgan fingerprint density at radius 1 is 0.400 bits per heavy atom. The first-order valence-electron chi connectivity index (χ1n) is 13.5. The monoisotopic (exact) mass is 510 g/mol. The fraction of sp³-hybridized carbons (Fsp3) is 0. The van der Waals surface area contributed by atoms with E-state index in [1.54, 1.807) is 0 Å². The van der Waals surface area contributed by atoms with Crippen LogP contribution in [0.15, 0.2) is 134 Å². The molecule has 4 nitrogen and oxygen atoms in total. The van der Waals surface area contributed by atoms with E-state index in [4.69, 9.17) is 9.97 Å². The topological polar surface area (TPSA) is 35.6 Å². The first-order chi connectivity index (χ1) is 19.9. The molecule has 40 heavy (non-hydrogen) atoms. The number of rotatable bonds is 2. The Morgan fingerprint density at radius 2 is 0.950 bits per heavy atom. The summed E-state index contributed by atoms with van der Waals surface area (Å²) >= 11 is 0. The molecule has 0 aliphatic carbocycles. The third-order valence-electron chi connectivity index (χ3n) is 8.16. The lowest BCUT2D eigenvalue weighted by Crippen LogP contribution is -1.98. The molecule has 0 bridgehead atoms. The standard InChI is InChI=1S/C36H22N4/c1-3-12-24(13-4-1)39-30-18-10-9-17-27(30)28-21-37-34-33(35(28)39)38-22-29-32-26-16-8-7-11-23(26)19-20-31(32)40(36(29)34)25-14-5-2-6-15-25/h1-22H. The van der Waals surface area contributed by atoms with Crippen molar-refractivity contribution < 1.29 is 0 Å². The highest BCUT2D eigenvalue weighted by Crippen LogP contribution is 2.41. The number of pyridine rings is 2. The van der Waals surface area contributed by atoms with Crippen molar-refractivity contribution in [2.75, 3.05) is 0 Å². The molecule has 0 saturated heterocycles. The van der Waals surface area contributed by atoms with E-state index in [0.717, 1.165) is 55.2 Å². The molecule has 186 valence electrons. The first-order valence-corrected chi connectivity index (χ1v) is 13.5.